The van der Waals surface area contributed by atoms with Crippen LogP contribution in [0.1, 0.15) is 37.4 Å². The van der Waals surface area contributed by atoms with Crippen LogP contribution in [0.4, 0.5) is 0 Å². The Labute approximate surface area is 125 Å². The van der Waals surface area contributed by atoms with Crippen LogP contribution in [-0.2, 0) is 0 Å². The smallest absolute Gasteiger partial charge is 0.336 e. The maximum absolute atomic E-state index is 12.6. The second-order valence-corrected chi connectivity index (χ2v) is 5.45. The molecule has 0 saturated heterocycles. The summed E-state index contributed by atoms with van der Waals surface area (Å²) >= 11 is 3.42. The van der Waals surface area contributed by atoms with Crippen molar-refractivity contribution in [3.63, 3.8) is 0 Å². The molecule has 2 rings (SSSR count). The second-order valence-electron chi connectivity index (χ2n) is 4.60. The van der Waals surface area contributed by atoms with Crippen molar-refractivity contribution in [3.8, 4) is 0 Å². The predicted molar refractivity (Wildman–Crippen MR) is 80.4 cm³/mol. The predicted octanol–water partition coefficient (Wildman–Crippen LogP) is 4.00. The lowest BCUT2D eigenvalue weighted by Gasteiger charge is -2.10. The zero-order chi connectivity index (χ0) is 14.9. The van der Waals surface area contributed by atoms with Gasteiger partial charge in [0.15, 0.2) is 5.78 Å². The Morgan fingerprint density at radius 1 is 0.950 bits per heavy atom. The first kappa shape index (κ1) is 14.5. The normalized spacial score (nSPS) is 10.3. The highest BCUT2D eigenvalue weighted by atomic mass is 79.9. The lowest BCUT2D eigenvalue weighted by molar-refractivity contribution is 0.0693. The molecule has 0 aromatic heterocycles. The molecular formula is C16H13BrO3. The van der Waals surface area contributed by atoms with Crippen LogP contribution in [0.2, 0.25) is 0 Å². The second kappa shape index (κ2) is 5.59. The first-order chi connectivity index (χ1) is 9.41. The van der Waals surface area contributed by atoms with Crippen molar-refractivity contribution in [1.29, 1.82) is 0 Å². The summed E-state index contributed by atoms with van der Waals surface area (Å²) in [4.78, 5) is 23.8. The van der Waals surface area contributed by atoms with E-state index in [1.807, 2.05) is 19.9 Å². The summed E-state index contributed by atoms with van der Waals surface area (Å²) in [5, 5.41) is 9.17. The van der Waals surface area contributed by atoms with E-state index in [9.17, 15) is 9.59 Å². The van der Waals surface area contributed by atoms with Gasteiger partial charge in [-0.05, 0) is 43.2 Å². The summed E-state index contributed by atoms with van der Waals surface area (Å²) < 4.78 is 0.929. The molecule has 0 saturated carbocycles. The Morgan fingerprint density at radius 3 is 2.15 bits per heavy atom. The van der Waals surface area contributed by atoms with Crippen LogP contribution in [0.3, 0.4) is 0 Å². The molecule has 1 N–H and O–H groups in total. The van der Waals surface area contributed by atoms with Crippen molar-refractivity contribution < 1.29 is 14.7 Å². The Bertz CT molecular complexity index is 705. The largest absolute Gasteiger partial charge is 0.478 e. The fourth-order valence-electron chi connectivity index (χ4n) is 2.04. The van der Waals surface area contributed by atoms with Crippen molar-refractivity contribution in [2.45, 2.75) is 13.8 Å². The molecule has 0 aliphatic carbocycles. The molecule has 0 bridgehead atoms. The van der Waals surface area contributed by atoms with Gasteiger partial charge in [0.1, 0.15) is 0 Å². The summed E-state index contributed by atoms with van der Waals surface area (Å²) in [6.07, 6.45) is 0. The van der Waals surface area contributed by atoms with Gasteiger partial charge in [-0.1, -0.05) is 34.1 Å². The van der Waals surface area contributed by atoms with Gasteiger partial charge in [0.2, 0.25) is 0 Å². The number of ketones is 1. The van der Waals surface area contributed by atoms with Gasteiger partial charge < -0.3 is 5.11 Å². The molecule has 4 heteroatoms. The molecule has 0 radical (unpaired) electrons. The van der Waals surface area contributed by atoms with Crippen LogP contribution in [0.5, 0.6) is 0 Å². The van der Waals surface area contributed by atoms with Crippen LogP contribution in [0.15, 0.2) is 40.9 Å². The summed E-state index contributed by atoms with van der Waals surface area (Å²) in [6, 6.07) is 9.91. The van der Waals surface area contributed by atoms with Crippen molar-refractivity contribution in [2.24, 2.45) is 0 Å². The molecule has 0 spiro atoms. The van der Waals surface area contributed by atoms with Gasteiger partial charge in [0.05, 0.1) is 5.56 Å². The van der Waals surface area contributed by atoms with E-state index < -0.39 is 5.97 Å². The van der Waals surface area contributed by atoms with Gasteiger partial charge >= 0.3 is 5.97 Å². The quantitative estimate of drug-likeness (QED) is 0.864. The van der Waals surface area contributed by atoms with E-state index in [0.717, 1.165) is 15.6 Å². The molecule has 2 aromatic carbocycles. The number of carbonyl (C=O) groups is 2. The molecule has 0 aliphatic rings. The highest BCUT2D eigenvalue weighted by Gasteiger charge is 2.19. The van der Waals surface area contributed by atoms with Crippen LogP contribution in [0.25, 0.3) is 0 Å². The van der Waals surface area contributed by atoms with E-state index in [1.54, 1.807) is 24.3 Å². The van der Waals surface area contributed by atoms with Crippen molar-refractivity contribution >= 4 is 27.7 Å². The van der Waals surface area contributed by atoms with E-state index in [2.05, 4.69) is 15.9 Å². The first-order valence-corrected chi connectivity index (χ1v) is 6.85. The average molecular weight is 333 g/mol. The highest BCUT2D eigenvalue weighted by Crippen LogP contribution is 2.24. The van der Waals surface area contributed by atoms with Crippen LogP contribution in [-0.4, -0.2) is 16.9 Å². The number of benzene rings is 2. The summed E-state index contributed by atoms with van der Waals surface area (Å²) in [7, 11) is 0. The zero-order valence-corrected chi connectivity index (χ0v) is 12.7. The first-order valence-electron chi connectivity index (χ1n) is 6.05. The van der Waals surface area contributed by atoms with Gasteiger partial charge in [-0.3, -0.25) is 4.79 Å². The number of hydrogen-bond donors (Lipinski definition) is 1. The fraction of sp³-hybridized carbons (Fsp3) is 0.125. The summed E-state index contributed by atoms with van der Waals surface area (Å²) in [5.41, 5.74) is 2.51. The number of aryl methyl sites for hydroxylation is 2. The maximum atomic E-state index is 12.6. The number of carboxylic acids is 1. The summed E-state index contributed by atoms with van der Waals surface area (Å²) in [5.74, 6) is -1.36. The molecule has 20 heavy (non-hydrogen) atoms. The molecule has 0 atom stereocenters. The van der Waals surface area contributed by atoms with Gasteiger partial charge in [0, 0.05) is 15.6 Å². The standard InChI is InChI=1S/C16H13BrO3/c1-9-8-14(17)10(2)7-13(9)15(18)11-5-3-4-6-12(11)16(19)20/h3-8H,1-2H3,(H,19,20). The number of rotatable bonds is 3. The summed E-state index contributed by atoms with van der Waals surface area (Å²) in [6.45, 7) is 3.73. The molecule has 0 heterocycles. The fourth-order valence-corrected chi connectivity index (χ4v) is 2.50. The third kappa shape index (κ3) is 2.65. The Kier molecular flexibility index (Phi) is 4.04. The molecule has 0 fully saturated rings. The van der Waals surface area contributed by atoms with Gasteiger partial charge in [-0.2, -0.15) is 0 Å². The lowest BCUT2D eigenvalue weighted by Crippen LogP contribution is -2.11. The molecule has 102 valence electrons. The number of aromatic carboxylic acids is 1. The average Bonchev–Trinajstić information content (AvgIpc) is 2.42. The van der Waals surface area contributed by atoms with E-state index in [0.29, 0.717) is 5.56 Å². The monoisotopic (exact) mass is 332 g/mol. The van der Waals surface area contributed by atoms with Gasteiger partial charge in [0.25, 0.3) is 0 Å². The van der Waals surface area contributed by atoms with Crippen molar-refractivity contribution in [2.75, 3.05) is 0 Å². The molecule has 0 unspecified atom stereocenters. The molecule has 3 nitrogen and oxygen atoms in total. The minimum atomic E-state index is -1.10. The number of halogens is 1. The number of carboxylic acid groups (broad SMARTS) is 1. The lowest BCUT2D eigenvalue weighted by atomic mass is 9.94. The van der Waals surface area contributed by atoms with E-state index in [1.165, 1.54) is 6.07 Å². The van der Waals surface area contributed by atoms with Crippen LogP contribution < -0.4 is 0 Å². The van der Waals surface area contributed by atoms with Gasteiger partial charge in [-0.25, -0.2) is 4.79 Å². The molecule has 0 aliphatic heterocycles. The topological polar surface area (TPSA) is 54.4 Å². The Hall–Kier alpha value is -1.94. The maximum Gasteiger partial charge on any atom is 0.336 e. The van der Waals surface area contributed by atoms with E-state index in [-0.39, 0.29) is 16.9 Å². The van der Waals surface area contributed by atoms with Crippen molar-refractivity contribution in [3.05, 3.63) is 68.7 Å². The van der Waals surface area contributed by atoms with Crippen molar-refractivity contribution in [1.82, 2.24) is 0 Å². The van der Waals surface area contributed by atoms with E-state index in [4.69, 9.17) is 5.11 Å². The number of hydrogen-bond acceptors (Lipinski definition) is 2. The molecule has 2 aromatic rings. The molecule has 0 amide bonds. The number of carbonyl (C=O) groups excluding carboxylic acids is 1. The SMILES string of the molecule is Cc1cc(C(=O)c2ccccc2C(=O)O)c(C)cc1Br. The Balaban J connectivity index is 2.58. The minimum Gasteiger partial charge on any atom is -0.478 e. The third-order valence-electron chi connectivity index (χ3n) is 3.15. The third-order valence-corrected chi connectivity index (χ3v) is 4.01. The molecular weight excluding hydrogens is 320 g/mol. The van der Waals surface area contributed by atoms with Gasteiger partial charge in [-0.15, -0.1) is 0 Å². The van der Waals surface area contributed by atoms with E-state index >= 15 is 0 Å². The van der Waals surface area contributed by atoms with Crippen LogP contribution in [0, 0.1) is 13.8 Å². The zero-order valence-electron chi connectivity index (χ0n) is 11.1. The minimum absolute atomic E-state index is 0.0254. The Morgan fingerprint density at radius 2 is 1.55 bits per heavy atom. The highest BCUT2D eigenvalue weighted by molar-refractivity contribution is 9.10. The van der Waals surface area contributed by atoms with Crippen LogP contribution >= 0.6 is 15.9 Å².